The fourth-order valence-electron chi connectivity index (χ4n) is 3.65. The van der Waals surface area contributed by atoms with Crippen molar-refractivity contribution in [3.05, 3.63) is 45.6 Å². The van der Waals surface area contributed by atoms with Gasteiger partial charge in [0.15, 0.2) is 11.9 Å². The van der Waals surface area contributed by atoms with Crippen LogP contribution in [0.5, 0.6) is 5.88 Å². The van der Waals surface area contributed by atoms with Crippen molar-refractivity contribution in [2.24, 2.45) is 0 Å². The highest BCUT2D eigenvalue weighted by molar-refractivity contribution is 7.17. The summed E-state index contributed by atoms with van der Waals surface area (Å²) in [7, 11) is 0. The minimum atomic E-state index is -0.242. The van der Waals surface area contributed by atoms with Crippen molar-refractivity contribution in [2.45, 2.75) is 38.3 Å². The summed E-state index contributed by atoms with van der Waals surface area (Å²) in [5, 5.41) is 25.8. The summed E-state index contributed by atoms with van der Waals surface area (Å²) in [6, 6.07) is 7.67. The molecule has 26 heavy (non-hydrogen) atoms. The topological polar surface area (TPSA) is 75.1 Å². The Labute approximate surface area is 160 Å². The van der Waals surface area contributed by atoms with Gasteiger partial charge in [0.1, 0.15) is 4.88 Å². The Balaban J connectivity index is 1.81. The van der Waals surface area contributed by atoms with Crippen molar-refractivity contribution in [3.8, 4) is 5.88 Å². The Morgan fingerprint density at radius 3 is 2.73 bits per heavy atom. The van der Waals surface area contributed by atoms with Gasteiger partial charge >= 0.3 is 0 Å². The molecule has 0 aliphatic carbocycles. The number of rotatable bonds is 4. The first kappa shape index (κ1) is 17.7. The minimum Gasteiger partial charge on any atom is -0.492 e. The summed E-state index contributed by atoms with van der Waals surface area (Å²) < 4.78 is 1.53. The zero-order chi connectivity index (χ0) is 18.3. The van der Waals surface area contributed by atoms with Gasteiger partial charge in [-0.25, -0.2) is 4.98 Å². The van der Waals surface area contributed by atoms with E-state index in [9.17, 15) is 10.2 Å². The van der Waals surface area contributed by atoms with Crippen LogP contribution in [0.2, 0.25) is 5.02 Å². The maximum atomic E-state index is 10.9. The van der Waals surface area contributed by atoms with Crippen molar-refractivity contribution < 1.29 is 15.1 Å². The Morgan fingerprint density at radius 2 is 2.08 bits per heavy atom. The Hall–Kier alpha value is -1.67. The molecule has 0 amide bonds. The first-order chi connectivity index (χ1) is 12.6. The van der Waals surface area contributed by atoms with Crippen molar-refractivity contribution in [2.75, 3.05) is 13.1 Å². The number of quaternary nitrogens is 1. The van der Waals surface area contributed by atoms with Crippen LogP contribution in [0.4, 0.5) is 0 Å². The van der Waals surface area contributed by atoms with Crippen LogP contribution in [0.15, 0.2) is 24.3 Å². The lowest BCUT2D eigenvalue weighted by Gasteiger charge is -2.33. The fourth-order valence-corrected chi connectivity index (χ4v) is 5.04. The van der Waals surface area contributed by atoms with Gasteiger partial charge in [-0.1, -0.05) is 48.1 Å². The second-order valence-corrected chi connectivity index (χ2v) is 8.13. The quantitative estimate of drug-likeness (QED) is 0.632. The average Bonchev–Trinajstić information content (AvgIpc) is 3.18. The van der Waals surface area contributed by atoms with E-state index in [1.54, 1.807) is 0 Å². The van der Waals surface area contributed by atoms with Gasteiger partial charge in [-0.3, -0.25) is 0 Å². The number of thiazole rings is 1. The molecule has 1 aliphatic rings. The van der Waals surface area contributed by atoms with Crippen molar-refractivity contribution in [1.29, 1.82) is 0 Å². The Kier molecular flexibility index (Phi) is 4.88. The zero-order valence-corrected chi connectivity index (χ0v) is 16.1. The number of aromatic hydroxyl groups is 1. The van der Waals surface area contributed by atoms with Crippen LogP contribution in [0.3, 0.4) is 0 Å². The Bertz CT molecular complexity index is 917. The zero-order valence-electron chi connectivity index (χ0n) is 14.5. The van der Waals surface area contributed by atoms with Crippen molar-refractivity contribution in [1.82, 2.24) is 14.6 Å². The van der Waals surface area contributed by atoms with Gasteiger partial charge in [0.2, 0.25) is 10.8 Å². The number of piperidine rings is 1. The van der Waals surface area contributed by atoms with Crippen LogP contribution in [0.1, 0.15) is 42.1 Å². The van der Waals surface area contributed by atoms with Gasteiger partial charge in [0.25, 0.3) is 0 Å². The van der Waals surface area contributed by atoms with Gasteiger partial charge in [-0.2, -0.15) is 4.52 Å². The molecule has 1 fully saturated rings. The number of aromatic nitrogens is 3. The number of nitrogens with one attached hydrogen (secondary N) is 1. The lowest BCUT2D eigenvalue weighted by atomic mass is 9.99. The smallest absolute Gasteiger partial charge is 0.235 e. The number of aryl methyl sites for hydroxylation is 1. The van der Waals surface area contributed by atoms with Crippen LogP contribution in [0.25, 0.3) is 4.96 Å². The van der Waals surface area contributed by atoms with Crippen LogP contribution >= 0.6 is 22.9 Å². The molecule has 0 spiro atoms. The fraction of sp³-hybridized carbons (Fsp3) is 0.444. The van der Waals surface area contributed by atoms with Gasteiger partial charge < -0.3 is 15.1 Å². The van der Waals surface area contributed by atoms with E-state index in [-0.39, 0.29) is 18.0 Å². The van der Waals surface area contributed by atoms with Crippen LogP contribution in [-0.2, 0) is 6.42 Å². The molecular weight excluding hydrogens is 372 g/mol. The van der Waals surface area contributed by atoms with Crippen molar-refractivity contribution in [3.63, 3.8) is 0 Å². The van der Waals surface area contributed by atoms with Crippen LogP contribution in [-0.4, -0.2) is 44.0 Å². The summed E-state index contributed by atoms with van der Waals surface area (Å²) >= 11 is 7.98. The highest BCUT2D eigenvalue weighted by atomic mass is 35.5. The van der Waals surface area contributed by atoms with Gasteiger partial charge in [0, 0.05) is 24.8 Å². The number of hydrogen-bond donors (Lipinski definition) is 3. The second kappa shape index (κ2) is 7.15. The minimum absolute atomic E-state index is 0.102. The molecule has 6 nitrogen and oxygen atoms in total. The molecule has 3 aromatic rings. The van der Waals surface area contributed by atoms with Crippen LogP contribution in [0, 0.1) is 0 Å². The molecule has 8 heteroatoms. The van der Waals surface area contributed by atoms with E-state index < -0.39 is 0 Å². The van der Waals surface area contributed by atoms with Gasteiger partial charge in [-0.15, -0.1) is 5.10 Å². The summed E-state index contributed by atoms with van der Waals surface area (Å²) in [5.41, 5.74) is 0.982. The first-order valence-electron chi connectivity index (χ1n) is 8.92. The third-order valence-electron chi connectivity index (χ3n) is 5.04. The van der Waals surface area contributed by atoms with E-state index in [0.717, 1.165) is 48.6 Å². The molecular formula is C18H22ClN4O2S+. The van der Waals surface area contributed by atoms with Crippen molar-refractivity contribution >= 4 is 27.9 Å². The highest BCUT2D eigenvalue weighted by Gasteiger charge is 2.36. The van der Waals surface area contributed by atoms with E-state index in [1.807, 2.05) is 31.2 Å². The summed E-state index contributed by atoms with van der Waals surface area (Å²) in [6.45, 7) is 3.64. The van der Waals surface area contributed by atoms with Crippen LogP contribution < -0.4 is 4.90 Å². The molecule has 138 valence electrons. The SMILES string of the molecule is CCc1nc2sc([C@H](c3ccccc3Cl)[NH+]3CCC(O)CC3)c(O)n2n1. The second-order valence-electron chi connectivity index (χ2n) is 6.71. The number of nitrogens with zero attached hydrogens (tertiary/aromatic N) is 3. The molecule has 1 saturated heterocycles. The molecule has 1 aliphatic heterocycles. The van der Waals surface area contributed by atoms with E-state index in [2.05, 4.69) is 10.1 Å². The molecule has 0 saturated carbocycles. The number of aliphatic hydroxyl groups excluding tert-OH is 1. The molecule has 1 atom stereocenters. The van der Waals surface area contributed by atoms with Gasteiger partial charge in [-0.05, 0) is 6.07 Å². The molecule has 0 bridgehead atoms. The highest BCUT2D eigenvalue weighted by Crippen LogP contribution is 2.37. The maximum Gasteiger partial charge on any atom is 0.235 e. The summed E-state index contributed by atoms with van der Waals surface area (Å²) in [4.78, 5) is 7.31. The molecule has 3 heterocycles. The Morgan fingerprint density at radius 1 is 1.35 bits per heavy atom. The monoisotopic (exact) mass is 393 g/mol. The first-order valence-corrected chi connectivity index (χ1v) is 10.1. The number of likely N-dealkylation sites (tertiary alicyclic amines) is 1. The molecule has 1 aromatic carbocycles. The molecule has 4 rings (SSSR count). The molecule has 0 unspecified atom stereocenters. The van der Waals surface area contributed by atoms with Gasteiger partial charge in [0.05, 0.1) is 24.2 Å². The number of fused-ring (bicyclic) bond motifs is 1. The number of benzene rings is 1. The number of halogens is 1. The maximum absolute atomic E-state index is 10.9. The average molecular weight is 394 g/mol. The third-order valence-corrected chi connectivity index (χ3v) is 6.47. The molecule has 2 aromatic heterocycles. The lowest BCUT2D eigenvalue weighted by molar-refractivity contribution is -0.931. The standard InChI is InChI=1S/C18H21ClN4O2S/c1-2-14-20-18-23(21-14)17(25)16(26-18)15(12-5-3-4-6-13(12)19)22-9-7-11(24)8-10-22/h3-6,11,15,24-25H,2,7-10H2,1H3/p+1/t15-/m0/s1. The van der Waals surface area contributed by atoms with E-state index in [4.69, 9.17) is 11.6 Å². The van der Waals surface area contributed by atoms with E-state index in [1.165, 1.54) is 20.8 Å². The predicted octanol–water partition coefficient (Wildman–Crippen LogP) is 1.84. The number of aliphatic hydroxyl groups is 1. The lowest BCUT2D eigenvalue weighted by Crippen LogP contribution is -3.13. The third kappa shape index (κ3) is 3.09. The largest absolute Gasteiger partial charge is 0.492 e. The van der Waals surface area contributed by atoms with E-state index in [0.29, 0.717) is 9.98 Å². The normalized spacial score (nSPS) is 22.0. The predicted molar refractivity (Wildman–Crippen MR) is 101 cm³/mol. The number of hydrogen-bond acceptors (Lipinski definition) is 5. The summed E-state index contributed by atoms with van der Waals surface area (Å²) in [5.74, 6) is 0.863. The summed E-state index contributed by atoms with van der Waals surface area (Å²) in [6.07, 6.45) is 1.98. The molecule has 3 N–H and O–H groups in total. The molecule has 0 radical (unpaired) electrons. The van der Waals surface area contributed by atoms with E-state index >= 15 is 0 Å².